The van der Waals surface area contributed by atoms with Crippen molar-refractivity contribution in [2.75, 3.05) is 5.32 Å². The highest BCUT2D eigenvalue weighted by molar-refractivity contribution is 7.15. The lowest BCUT2D eigenvalue weighted by atomic mass is 9.90. The number of aryl methyl sites for hydroxylation is 1. The summed E-state index contributed by atoms with van der Waals surface area (Å²) in [6.45, 7) is 8.56. The third-order valence-electron chi connectivity index (χ3n) is 4.98. The van der Waals surface area contributed by atoms with E-state index in [0.717, 1.165) is 37.9 Å². The van der Waals surface area contributed by atoms with Gasteiger partial charge in [0.1, 0.15) is 0 Å². The molecule has 4 nitrogen and oxygen atoms in total. The Morgan fingerprint density at radius 3 is 2.55 bits per heavy atom. The van der Waals surface area contributed by atoms with E-state index in [9.17, 15) is 4.79 Å². The summed E-state index contributed by atoms with van der Waals surface area (Å²) in [6.07, 6.45) is 0.569. The molecule has 5 heteroatoms. The van der Waals surface area contributed by atoms with Crippen LogP contribution < -0.4 is 10.9 Å². The Kier molecular flexibility index (Phi) is 5.01. The summed E-state index contributed by atoms with van der Waals surface area (Å²) in [5.41, 5.74) is 4.74. The smallest absolute Gasteiger partial charge is 0.251 e. The van der Waals surface area contributed by atoms with Crippen molar-refractivity contribution < 1.29 is 0 Å². The minimum absolute atomic E-state index is 0.0367. The van der Waals surface area contributed by atoms with E-state index in [-0.39, 0.29) is 11.0 Å². The number of H-pyrrole nitrogens is 1. The number of anilines is 2. The molecule has 148 valence electrons. The molecule has 0 bridgehead atoms. The quantitative estimate of drug-likeness (QED) is 0.444. The largest absolute Gasteiger partial charge is 0.331 e. The molecular formula is C24H25N3OS. The van der Waals surface area contributed by atoms with E-state index in [0.29, 0.717) is 6.42 Å². The highest BCUT2D eigenvalue weighted by Gasteiger charge is 2.24. The van der Waals surface area contributed by atoms with Gasteiger partial charge in [-0.05, 0) is 36.1 Å². The Morgan fingerprint density at radius 2 is 1.79 bits per heavy atom. The van der Waals surface area contributed by atoms with Crippen molar-refractivity contribution in [3.63, 3.8) is 0 Å². The van der Waals surface area contributed by atoms with E-state index >= 15 is 0 Å². The van der Waals surface area contributed by atoms with Gasteiger partial charge in [0.05, 0.1) is 5.69 Å². The number of thiazole rings is 1. The predicted octanol–water partition coefficient (Wildman–Crippen LogP) is 5.92. The van der Waals surface area contributed by atoms with Crippen molar-refractivity contribution >= 4 is 33.1 Å². The third-order valence-corrected chi connectivity index (χ3v) is 5.95. The fourth-order valence-electron chi connectivity index (χ4n) is 3.44. The summed E-state index contributed by atoms with van der Waals surface area (Å²) in [5, 5.41) is 5.36. The molecule has 2 aromatic heterocycles. The fraction of sp³-hybridized carbons (Fsp3) is 0.250. The second kappa shape index (κ2) is 7.48. The van der Waals surface area contributed by atoms with E-state index < -0.39 is 0 Å². The van der Waals surface area contributed by atoms with Crippen LogP contribution in [0, 0.1) is 6.92 Å². The number of rotatable bonds is 4. The van der Waals surface area contributed by atoms with Crippen molar-refractivity contribution in [1.29, 1.82) is 0 Å². The summed E-state index contributed by atoms with van der Waals surface area (Å²) in [6, 6.07) is 18.1. The van der Waals surface area contributed by atoms with Crippen molar-refractivity contribution in [3.05, 3.63) is 86.6 Å². The van der Waals surface area contributed by atoms with E-state index in [1.54, 1.807) is 11.3 Å². The number of fused-ring (bicyclic) bond motifs is 1. The van der Waals surface area contributed by atoms with Crippen LogP contribution in [-0.4, -0.2) is 9.97 Å². The molecule has 0 aliphatic rings. The van der Waals surface area contributed by atoms with Crippen LogP contribution in [0.15, 0.2) is 59.4 Å². The summed E-state index contributed by atoms with van der Waals surface area (Å²) < 4.78 is 0. The van der Waals surface area contributed by atoms with Crippen LogP contribution in [0.4, 0.5) is 10.8 Å². The molecule has 0 spiro atoms. The predicted molar refractivity (Wildman–Crippen MR) is 123 cm³/mol. The second-order valence-electron chi connectivity index (χ2n) is 8.37. The maximum absolute atomic E-state index is 12.7. The molecule has 0 aliphatic heterocycles. The molecule has 0 radical (unpaired) electrons. The van der Waals surface area contributed by atoms with Crippen molar-refractivity contribution in [3.8, 4) is 0 Å². The van der Waals surface area contributed by atoms with Crippen molar-refractivity contribution in [2.45, 2.75) is 39.5 Å². The highest BCUT2D eigenvalue weighted by Crippen LogP contribution is 2.35. The number of hydrogen-bond acceptors (Lipinski definition) is 4. The fourth-order valence-corrected chi connectivity index (χ4v) is 4.64. The van der Waals surface area contributed by atoms with E-state index in [2.05, 4.69) is 50.1 Å². The van der Waals surface area contributed by atoms with E-state index in [4.69, 9.17) is 4.98 Å². The van der Waals surface area contributed by atoms with Crippen LogP contribution in [0.25, 0.3) is 10.9 Å². The zero-order chi connectivity index (χ0) is 20.6. The molecule has 4 rings (SSSR count). The van der Waals surface area contributed by atoms with Crippen LogP contribution in [-0.2, 0) is 11.8 Å². The number of nitrogens with one attached hydrogen (secondary N) is 2. The first-order chi connectivity index (χ1) is 13.8. The molecule has 0 aliphatic carbocycles. The standard InChI is InChI=1S/C24H25N3OS/c1-15-9-5-7-11-18(15)26-23-27-21(24(2,3)4)20(29-23)14-17-13-16-10-6-8-12-19(16)25-22(17)28/h5-13H,14H2,1-4H3,(H,25,28)(H,26,27). The van der Waals surface area contributed by atoms with Crippen LogP contribution in [0.1, 0.15) is 42.5 Å². The molecule has 0 amide bonds. The number of benzene rings is 2. The van der Waals surface area contributed by atoms with Gasteiger partial charge >= 0.3 is 0 Å². The molecule has 4 aromatic rings. The van der Waals surface area contributed by atoms with Crippen LogP contribution in [0.2, 0.25) is 0 Å². The van der Waals surface area contributed by atoms with Gasteiger partial charge in [0.25, 0.3) is 5.56 Å². The monoisotopic (exact) mass is 403 g/mol. The first-order valence-electron chi connectivity index (χ1n) is 9.75. The number of hydrogen-bond donors (Lipinski definition) is 2. The molecule has 2 N–H and O–H groups in total. The van der Waals surface area contributed by atoms with Gasteiger partial charge in [0, 0.05) is 33.5 Å². The topological polar surface area (TPSA) is 57.8 Å². The average molecular weight is 404 g/mol. The van der Waals surface area contributed by atoms with E-state index in [1.165, 1.54) is 5.56 Å². The molecule has 0 unspecified atom stereocenters. The summed E-state index contributed by atoms with van der Waals surface area (Å²) in [4.78, 5) is 21.7. The Bertz CT molecular complexity index is 1230. The van der Waals surface area contributed by atoms with Crippen LogP contribution in [0.5, 0.6) is 0 Å². The lowest BCUT2D eigenvalue weighted by molar-refractivity contribution is 0.568. The maximum Gasteiger partial charge on any atom is 0.251 e. The second-order valence-corrected chi connectivity index (χ2v) is 9.45. The maximum atomic E-state index is 12.7. The summed E-state index contributed by atoms with van der Waals surface area (Å²) >= 11 is 1.62. The van der Waals surface area contributed by atoms with Crippen LogP contribution >= 0.6 is 11.3 Å². The Balaban J connectivity index is 1.73. The van der Waals surface area contributed by atoms with Gasteiger partial charge in [-0.25, -0.2) is 4.98 Å². The van der Waals surface area contributed by atoms with Crippen molar-refractivity contribution in [2.24, 2.45) is 0 Å². The third kappa shape index (κ3) is 4.10. The van der Waals surface area contributed by atoms with Gasteiger partial charge in [-0.15, -0.1) is 11.3 Å². The number of aromatic amines is 1. The molecule has 29 heavy (non-hydrogen) atoms. The molecule has 0 saturated heterocycles. The van der Waals surface area contributed by atoms with Gasteiger partial charge in [0.2, 0.25) is 0 Å². The molecule has 2 heterocycles. The number of para-hydroxylation sites is 2. The lowest BCUT2D eigenvalue weighted by Gasteiger charge is -2.17. The summed E-state index contributed by atoms with van der Waals surface area (Å²) in [5.74, 6) is 0. The van der Waals surface area contributed by atoms with Gasteiger partial charge in [-0.2, -0.15) is 0 Å². The average Bonchev–Trinajstić information content (AvgIpc) is 3.07. The van der Waals surface area contributed by atoms with Gasteiger partial charge in [-0.3, -0.25) is 4.79 Å². The van der Waals surface area contributed by atoms with Gasteiger partial charge in [-0.1, -0.05) is 57.2 Å². The molecule has 0 fully saturated rings. The molecular weight excluding hydrogens is 378 g/mol. The SMILES string of the molecule is Cc1ccccc1Nc1nc(C(C)(C)C)c(Cc2cc3ccccc3[nH]c2=O)s1. The highest BCUT2D eigenvalue weighted by atomic mass is 32.1. The Hall–Kier alpha value is -2.92. The number of nitrogens with zero attached hydrogens (tertiary/aromatic N) is 1. The zero-order valence-corrected chi connectivity index (χ0v) is 18.0. The Labute approximate surface area is 174 Å². The first kappa shape index (κ1) is 19.4. The lowest BCUT2D eigenvalue weighted by Crippen LogP contribution is -2.17. The summed E-state index contributed by atoms with van der Waals surface area (Å²) in [7, 11) is 0. The minimum atomic E-state index is -0.110. The van der Waals surface area contributed by atoms with Gasteiger partial charge < -0.3 is 10.3 Å². The molecule has 2 aromatic carbocycles. The normalized spacial score (nSPS) is 11.7. The first-order valence-corrected chi connectivity index (χ1v) is 10.6. The van der Waals surface area contributed by atoms with E-state index in [1.807, 2.05) is 42.5 Å². The number of aromatic nitrogens is 2. The minimum Gasteiger partial charge on any atom is -0.331 e. The van der Waals surface area contributed by atoms with Gasteiger partial charge in [0.15, 0.2) is 5.13 Å². The zero-order valence-electron chi connectivity index (χ0n) is 17.2. The van der Waals surface area contributed by atoms with Crippen molar-refractivity contribution in [1.82, 2.24) is 9.97 Å². The molecule has 0 atom stereocenters. The van der Waals surface area contributed by atoms with Crippen LogP contribution in [0.3, 0.4) is 0 Å². The molecule has 0 saturated carbocycles. The number of pyridine rings is 1. The Morgan fingerprint density at radius 1 is 1.07 bits per heavy atom.